The molecule has 4 aliphatic heterocycles. The molecule has 0 saturated carbocycles. The zero-order valence-corrected chi connectivity index (χ0v) is 29.2. The maximum absolute atomic E-state index is 12.9. The van der Waals surface area contributed by atoms with Crippen molar-refractivity contribution in [2.45, 2.75) is 96.9 Å². The number of benzene rings is 2. The van der Waals surface area contributed by atoms with E-state index in [1.807, 2.05) is 76.9 Å². The summed E-state index contributed by atoms with van der Waals surface area (Å²) in [5.74, 6) is 2.20. The summed E-state index contributed by atoms with van der Waals surface area (Å²) in [6.07, 6.45) is 7.32. The molecule has 49 heavy (non-hydrogen) atoms. The summed E-state index contributed by atoms with van der Waals surface area (Å²) in [4.78, 5) is 42.2. The predicted octanol–water partition coefficient (Wildman–Crippen LogP) is 8.13. The van der Waals surface area contributed by atoms with Crippen molar-refractivity contribution in [3.63, 3.8) is 0 Å². The molecular formula is C38H45N5O6. The van der Waals surface area contributed by atoms with Crippen molar-refractivity contribution in [1.82, 2.24) is 19.8 Å². The second-order valence-corrected chi connectivity index (χ2v) is 15.1. The first-order valence-electron chi connectivity index (χ1n) is 17.2. The maximum atomic E-state index is 12.9. The SMILES string of the molecule is CC(C)(C)OC(=O)N1CCC[C@H]1C1=NC=C(c2ccc3c(c2)OCOc2cc(-c4cnc([C@@H]5CCCN5C(=O)OC(C)(C)C)[nH]4)ccc2-3)C1. The van der Waals surface area contributed by atoms with Gasteiger partial charge in [-0.25, -0.2) is 14.6 Å². The number of hydrogen-bond acceptors (Lipinski definition) is 8. The van der Waals surface area contributed by atoms with Gasteiger partial charge in [-0.2, -0.15) is 0 Å². The number of likely N-dealkylation sites (tertiary alicyclic amines) is 2. The fraction of sp³-hybridized carbons (Fsp3) is 0.474. The molecule has 11 nitrogen and oxygen atoms in total. The minimum Gasteiger partial charge on any atom is -0.457 e. The highest BCUT2D eigenvalue weighted by atomic mass is 16.7. The minimum absolute atomic E-state index is 0.0526. The standard InChI is InChI=1S/C38H45N5O6/c1-37(2,3)48-35(44)42-15-7-9-30(42)28-17-25(20-39-28)23-11-13-26-27-14-12-24(19-33(27)47-22-46-32(26)18-23)29-21-40-34(41-29)31-10-8-16-43(31)36(45)49-38(4,5)6/h11-14,18-21,30-31H,7-10,15-17,22H2,1-6H3,(H,40,41)/t30-,31-/m0/s1. The van der Waals surface area contributed by atoms with E-state index in [0.29, 0.717) is 25.3 Å². The largest absolute Gasteiger partial charge is 0.457 e. The Bertz CT molecular complexity index is 1830. The lowest BCUT2D eigenvalue weighted by molar-refractivity contribution is 0.0216. The Kier molecular flexibility index (Phi) is 8.40. The minimum atomic E-state index is -0.557. The fourth-order valence-corrected chi connectivity index (χ4v) is 6.97. The van der Waals surface area contributed by atoms with Crippen molar-refractivity contribution in [3.8, 4) is 33.9 Å². The molecule has 0 unspecified atom stereocenters. The number of imidazole rings is 1. The second-order valence-electron chi connectivity index (χ2n) is 15.1. The lowest BCUT2D eigenvalue weighted by Crippen LogP contribution is -2.43. The molecule has 4 aliphatic rings. The summed E-state index contributed by atoms with van der Waals surface area (Å²) in [6, 6.07) is 12.1. The van der Waals surface area contributed by atoms with Crippen LogP contribution in [0.4, 0.5) is 9.59 Å². The van der Waals surface area contributed by atoms with Gasteiger partial charge in [-0.3, -0.25) is 14.8 Å². The number of allylic oxidation sites excluding steroid dienone is 1. The topological polar surface area (TPSA) is 119 Å². The van der Waals surface area contributed by atoms with Gasteiger partial charge < -0.3 is 23.9 Å². The number of ether oxygens (including phenoxy) is 4. The average molecular weight is 668 g/mol. The van der Waals surface area contributed by atoms with E-state index in [1.165, 1.54) is 0 Å². The fourth-order valence-electron chi connectivity index (χ4n) is 6.97. The molecule has 2 fully saturated rings. The van der Waals surface area contributed by atoms with Crippen LogP contribution in [0.3, 0.4) is 0 Å². The van der Waals surface area contributed by atoms with Gasteiger partial charge in [0.1, 0.15) is 28.5 Å². The summed E-state index contributed by atoms with van der Waals surface area (Å²) in [7, 11) is 0. The highest BCUT2D eigenvalue weighted by Crippen LogP contribution is 2.43. The van der Waals surface area contributed by atoms with Crippen molar-refractivity contribution in [2.24, 2.45) is 4.99 Å². The van der Waals surface area contributed by atoms with Crippen LogP contribution in [0.5, 0.6) is 11.5 Å². The van der Waals surface area contributed by atoms with Gasteiger partial charge in [0.2, 0.25) is 6.79 Å². The molecule has 258 valence electrons. The monoisotopic (exact) mass is 667 g/mol. The molecule has 2 aromatic carbocycles. The van der Waals surface area contributed by atoms with Gasteiger partial charge in [0.05, 0.1) is 24.0 Å². The number of amides is 2. The Labute approximate surface area is 287 Å². The summed E-state index contributed by atoms with van der Waals surface area (Å²) in [6.45, 7) is 12.7. The van der Waals surface area contributed by atoms with Crippen LogP contribution in [0.15, 0.2) is 53.8 Å². The molecule has 2 saturated heterocycles. The molecule has 2 amide bonds. The number of fused-ring (bicyclic) bond motifs is 3. The van der Waals surface area contributed by atoms with E-state index < -0.39 is 11.2 Å². The van der Waals surface area contributed by atoms with E-state index in [4.69, 9.17) is 23.9 Å². The zero-order chi connectivity index (χ0) is 34.5. The Morgan fingerprint density at radius 1 is 0.816 bits per heavy atom. The van der Waals surface area contributed by atoms with Gasteiger partial charge in [0.15, 0.2) is 0 Å². The molecule has 1 N–H and O–H groups in total. The zero-order valence-electron chi connectivity index (χ0n) is 29.2. The summed E-state index contributed by atoms with van der Waals surface area (Å²) >= 11 is 0. The van der Waals surface area contributed by atoms with Crippen LogP contribution in [-0.2, 0) is 9.47 Å². The molecule has 3 aromatic rings. The summed E-state index contributed by atoms with van der Waals surface area (Å²) in [5.41, 5.74) is 5.65. The Morgan fingerprint density at radius 3 is 2.02 bits per heavy atom. The molecule has 0 aliphatic carbocycles. The second kappa shape index (κ2) is 12.6. The third-order valence-corrected chi connectivity index (χ3v) is 9.18. The van der Waals surface area contributed by atoms with Crippen LogP contribution in [0, 0.1) is 0 Å². The number of nitrogens with zero attached hydrogens (tertiary/aromatic N) is 4. The van der Waals surface area contributed by atoms with Gasteiger partial charge in [-0.15, -0.1) is 0 Å². The van der Waals surface area contributed by atoms with E-state index in [2.05, 4.69) is 22.1 Å². The number of carbonyl (C=O) groups excluding carboxylic acids is 2. The molecule has 7 rings (SSSR count). The quantitative estimate of drug-likeness (QED) is 0.298. The first-order valence-corrected chi connectivity index (χ1v) is 17.2. The van der Waals surface area contributed by atoms with E-state index in [1.54, 1.807) is 11.1 Å². The van der Waals surface area contributed by atoms with E-state index in [-0.39, 0.29) is 31.1 Å². The molecule has 11 heteroatoms. The molecule has 0 bridgehead atoms. The van der Waals surface area contributed by atoms with Gasteiger partial charge in [0, 0.05) is 48.1 Å². The normalized spacial score (nSPS) is 20.4. The van der Waals surface area contributed by atoms with E-state index >= 15 is 0 Å². The van der Waals surface area contributed by atoms with Crippen molar-refractivity contribution in [3.05, 3.63) is 60.2 Å². The molecule has 1 aromatic heterocycles. The van der Waals surface area contributed by atoms with Crippen LogP contribution in [-0.4, -0.2) is 74.8 Å². The molecule has 2 atom stereocenters. The van der Waals surface area contributed by atoms with Crippen molar-refractivity contribution < 1.29 is 28.5 Å². The van der Waals surface area contributed by atoms with Crippen LogP contribution in [0.2, 0.25) is 0 Å². The number of hydrogen-bond donors (Lipinski definition) is 1. The van der Waals surface area contributed by atoms with Crippen molar-refractivity contribution >= 4 is 23.5 Å². The molecule has 0 radical (unpaired) electrons. The smallest absolute Gasteiger partial charge is 0.410 e. The highest BCUT2D eigenvalue weighted by Gasteiger charge is 2.37. The van der Waals surface area contributed by atoms with Gasteiger partial charge in [-0.05, 0) is 103 Å². The lowest BCUT2D eigenvalue weighted by atomic mass is 9.95. The Balaban J connectivity index is 1.05. The molecule has 5 heterocycles. The number of carbonyl (C=O) groups is 2. The average Bonchev–Trinajstić information content (AvgIpc) is 3.84. The number of aliphatic imine (C=N–C) groups is 1. The van der Waals surface area contributed by atoms with Crippen LogP contribution >= 0.6 is 0 Å². The van der Waals surface area contributed by atoms with Crippen LogP contribution in [0.25, 0.3) is 28.0 Å². The number of nitrogens with one attached hydrogen (secondary N) is 1. The van der Waals surface area contributed by atoms with Gasteiger partial charge in [0.25, 0.3) is 0 Å². The van der Waals surface area contributed by atoms with Gasteiger partial charge in [-0.1, -0.05) is 12.1 Å². The molecular weight excluding hydrogens is 622 g/mol. The van der Waals surface area contributed by atoms with E-state index in [9.17, 15) is 9.59 Å². The maximum Gasteiger partial charge on any atom is 0.410 e. The third kappa shape index (κ3) is 6.89. The Hall–Kier alpha value is -4.80. The predicted molar refractivity (Wildman–Crippen MR) is 186 cm³/mol. The first-order chi connectivity index (χ1) is 23.3. The van der Waals surface area contributed by atoms with Crippen molar-refractivity contribution in [1.29, 1.82) is 0 Å². The number of aromatic nitrogens is 2. The highest BCUT2D eigenvalue weighted by molar-refractivity contribution is 6.03. The summed E-state index contributed by atoms with van der Waals surface area (Å²) in [5, 5.41) is 0. The van der Waals surface area contributed by atoms with Crippen LogP contribution in [0.1, 0.15) is 91.1 Å². The van der Waals surface area contributed by atoms with Gasteiger partial charge >= 0.3 is 12.2 Å². The number of rotatable bonds is 4. The first kappa shape index (κ1) is 32.7. The van der Waals surface area contributed by atoms with Crippen LogP contribution < -0.4 is 9.47 Å². The van der Waals surface area contributed by atoms with Crippen molar-refractivity contribution in [2.75, 3.05) is 19.9 Å². The van der Waals surface area contributed by atoms with E-state index in [0.717, 1.165) is 76.5 Å². The molecule has 0 spiro atoms. The summed E-state index contributed by atoms with van der Waals surface area (Å²) < 4.78 is 23.5. The third-order valence-electron chi connectivity index (χ3n) is 9.18. The number of H-pyrrole nitrogens is 1. The lowest BCUT2D eigenvalue weighted by Gasteiger charge is -2.28. The Morgan fingerprint density at radius 2 is 1.39 bits per heavy atom. The number of aromatic amines is 1.